The van der Waals surface area contributed by atoms with Gasteiger partial charge in [0.25, 0.3) is 0 Å². The van der Waals surface area contributed by atoms with Gasteiger partial charge in [-0.2, -0.15) is 0 Å². The van der Waals surface area contributed by atoms with E-state index in [1.807, 2.05) is 19.1 Å². The van der Waals surface area contributed by atoms with Gasteiger partial charge < -0.3 is 4.90 Å². The number of anilines is 1. The molecule has 0 spiro atoms. The second-order valence-electron chi connectivity index (χ2n) is 5.09. The van der Waals surface area contributed by atoms with E-state index in [1.54, 1.807) is 12.4 Å². The van der Waals surface area contributed by atoms with E-state index in [0.29, 0.717) is 0 Å². The number of hydrogen-bond acceptors (Lipinski definition) is 3. The van der Waals surface area contributed by atoms with Gasteiger partial charge in [0.2, 0.25) is 0 Å². The van der Waals surface area contributed by atoms with Crippen LogP contribution in [0, 0.1) is 0 Å². The van der Waals surface area contributed by atoms with Crippen LogP contribution in [0.1, 0.15) is 19.8 Å². The fraction of sp³-hybridized carbons (Fsp3) is 0.583. The topological polar surface area (TPSA) is 19.4 Å². The molecule has 0 aliphatic carbocycles. The number of aromatic nitrogens is 1. The number of pyridine rings is 1. The highest BCUT2D eigenvalue weighted by Gasteiger charge is 2.49. The van der Waals surface area contributed by atoms with Gasteiger partial charge >= 0.3 is 0 Å². The lowest BCUT2D eigenvalue weighted by Crippen LogP contribution is -2.57. The summed E-state index contributed by atoms with van der Waals surface area (Å²) in [6.07, 6.45) is 5.51. The van der Waals surface area contributed by atoms with E-state index in [9.17, 15) is 4.48 Å². The van der Waals surface area contributed by atoms with Crippen LogP contribution in [0.3, 0.4) is 0 Å². The summed E-state index contributed by atoms with van der Waals surface area (Å²) in [7, 11) is 0. The standard InChI is InChI=1S/C12H16FN3/c1-12-5-2-11(16(12)13)8-15(9-12)10-3-6-14-7-4-10/h3-4,6-7,11H,2,5,8-9H2,1H3. The molecule has 16 heavy (non-hydrogen) atoms. The molecule has 0 N–H and O–H groups in total. The van der Waals surface area contributed by atoms with E-state index in [2.05, 4.69) is 9.88 Å². The van der Waals surface area contributed by atoms with Gasteiger partial charge in [-0.3, -0.25) is 4.98 Å². The van der Waals surface area contributed by atoms with Crippen LogP contribution in [0.15, 0.2) is 24.5 Å². The second-order valence-corrected chi connectivity index (χ2v) is 5.09. The molecule has 4 heteroatoms. The zero-order valence-corrected chi connectivity index (χ0v) is 9.43. The van der Waals surface area contributed by atoms with Crippen molar-refractivity contribution in [2.24, 2.45) is 0 Å². The van der Waals surface area contributed by atoms with Crippen LogP contribution in [-0.2, 0) is 0 Å². The van der Waals surface area contributed by atoms with Crippen LogP contribution in [0.2, 0.25) is 0 Å². The van der Waals surface area contributed by atoms with Crippen molar-refractivity contribution in [3.05, 3.63) is 24.5 Å². The molecule has 2 aliphatic rings. The number of hydrogen-bond donors (Lipinski definition) is 0. The third kappa shape index (κ3) is 1.40. The first-order valence-electron chi connectivity index (χ1n) is 5.79. The van der Waals surface area contributed by atoms with Crippen LogP contribution < -0.4 is 4.90 Å². The zero-order valence-electron chi connectivity index (χ0n) is 9.43. The lowest BCUT2D eigenvalue weighted by Gasteiger charge is -2.43. The first kappa shape index (κ1) is 10.0. The molecule has 86 valence electrons. The highest BCUT2D eigenvalue weighted by molar-refractivity contribution is 5.46. The Morgan fingerprint density at radius 2 is 2.19 bits per heavy atom. The molecular formula is C12H16FN3. The number of fused-ring (bicyclic) bond motifs is 2. The normalized spacial score (nSPS) is 34.4. The van der Waals surface area contributed by atoms with Gasteiger partial charge in [0.1, 0.15) is 0 Å². The smallest absolute Gasteiger partial charge is 0.0663 e. The van der Waals surface area contributed by atoms with Crippen molar-refractivity contribution in [1.82, 2.24) is 10.1 Å². The monoisotopic (exact) mass is 221 g/mol. The summed E-state index contributed by atoms with van der Waals surface area (Å²) in [6, 6.07) is 4.06. The molecule has 1 aromatic heterocycles. The Morgan fingerprint density at radius 3 is 2.88 bits per heavy atom. The van der Waals surface area contributed by atoms with Crippen molar-refractivity contribution >= 4 is 5.69 Å². The fourth-order valence-corrected chi connectivity index (χ4v) is 2.93. The number of rotatable bonds is 1. The molecule has 2 fully saturated rings. The van der Waals surface area contributed by atoms with E-state index in [1.165, 1.54) is 0 Å². The molecule has 2 bridgehead atoms. The Balaban J connectivity index is 1.87. The van der Waals surface area contributed by atoms with Crippen molar-refractivity contribution < 1.29 is 4.48 Å². The minimum Gasteiger partial charge on any atom is -0.368 e. The van der Waals surface area contributed by atoms with Crippen molar-refractivity contribution in [3.8, 4) is 0 Å². The van der Waals surface area contributed by atoms with Crippen molar-refractivity contribution in [2.75, 3.05) is 18.0 Å². The van der Waals surface area contributed by atoms with Crippen LogP contribution in [0.25, 0.3) is 0 Å². The maximum Gasteiger partial charge on any atom is 0.0663 e. The van der Waals surface area contributed by atoms with Gasteiger partial charge in [-0.1, -0.05) is 0 Å². The molecule has 3 nitrogen and oxygen atoms in total. The maximum absolute atomic E-state index is 13.9. The Hall–Kier alpha value is -1.16. The second kappa shape index (κ2) is 3.42. The van der Waals surface area contributed by atoms with Crippen LogP contribution >= 0.6 is 0 Å². The van der Waals surface area contributed by atoms with Crippen molar-refractivity contribution in [3.63, 3.8) is 0 Å². The number of nitrogens with zero attached hydrogens (tertiary/aromatic N) is 3. The molecule has 1 aromatic rings. The summed E-state index contributed by atoms with van der Waals surface area (Å²) in [5.41, 5.74) is 0.854. The van der Waals surface area contributed by atoms with E-state index >= 15 is 0 Å². The van der Waals surface area contributed by atoms with E-state index in [-0.39, 0.29) is 11.6 Å². The molecule has 0 aromatic carbocycles. The lowest BCUT2D eigenvalue weighted by atomic mass is 9.99. The average Bonchev–Trinajstić information content (AvgIpc) is 2.51. The Kier molecular flexibility index (Phi) is 2.14. The quantitative estimate of drug-likeness (QED) is 0.676. The predicted octanol–water partition coefficient (Wildman–Crippen LogP) is 2.01. The van der Waals surface area contributed by atoms with Crippen LogP contribution in [0.5, 0.6) is 0 Å². The molecule has 0 saturated carbocycles. The molecule has 0 amide bonds. The zero-order chi connectivity index (χ0) is 11.2. The van der Waals surface area contributed by atoms with E-state index < -0.39 is 0 Å². The summed E-state index contributed by atoms with van der Waals surface area (Å²) in [4.78, 5) is 6.29. The van der Waals surface area contributed by atoms with Crippen LogP contribution in [-0.4, -0.2) is 34.8 Å². The van der Waals surface area contributed by atoms with Crippen LogP contribution in [0.4, 0.5) is 10.2 Å². The first-order valence-corrected chi connectivity index (χ1v) is 5.79. The summed E-state index contributed by atoms with van der Waals surface area (Å²) >= 11 is 0. The summed E-state index contributed by atoms with van der Waals surface area (Å²) < 4.78 is 13.9. The van der Waals surface area contributed by atoms with Gasteiger partial charge in [0.15, 0.2) is 0 Å². The highest BCUT2D eigenvalue weighted by atomic mass is 19.2. The van der Waals surface area contributed by atoms with Gasteiger partial charge in [0, 0.05) is 31.2 Å². The minimum atomic E-state index is -0.299. The molecule has 2 unspecified atom stereocenters. The van der Waals surface area contributed by atoms with Gasteiger partial charge in [-0.05, 0) is 31.9 Å². The SMILES string of the molecule is CC12CCC(CN(c3ccncc3)C1)N2F. The molecule has 2 saturated heterocycles. The summed E-state index contributed by atoms with van der Waals surface area (Å²) in [6.45, 7) is 3.57. The maximum atomic E-state index is 13.9. The fourth-order valence-electron chi connectivity index (χ4n) is 2.93. The summed E-state index contributed by atoms with van der Waals surface area (Å²) in [5.74, 6) is 0. The number of piperazine rings is 1. The Labute approximate surface area is 94.8 Å². The third-order valence-electron chi connectivity index (χ3n) is 3.84. The third-order valence-corrected chi connectivity index (χ3v) is 3.84. The molecule has 3 heterocycles. The molecule has 0 radical (unpaired) electrons. The van der Waals surface area contributed by atoms with Crippen molar-refractivity contribution in [1.29, 1.82) is 0 Å². The largest absolute Gasteiger partial charge is 0.368 e. The minimum absolute atomic E-state index is 0.0620. The molecule has 2 atom stereocenters. The number of halogens is 1. The molecule has 2 aliphatic heterocycles. The Morgan fingerprint density at radius 1 is 1.44 bits per heavy atom. The molecule has 3 rings (SSSR count). The van der Waals surface area contributed by atoms with E-state index in [4.69, 9.17) is 0 Å². The summed E-state index contributed by atoms with van der Waals surface area (Å²) in [5, 5.41) is 1.07. The van der Waals surface area contributed by atoms with E-state index in [0.717, 1.165) is 36.7 Å². The average molecular weight is 221 g/mol. The highest BCUT2D eigenvalue weighted by Crippen LogP contribution is 2.40. The Bertz CT molecular complexity index is 383. The first-order chi connectivity index (χ1) is 7.69. The van der Waals surface area contributed by atoms with Gasteiger partial charge in [0.05, 0.1) is 11.6 Å². The predicted molar refractivity (Wildman–Crippen MR) is 60.8 cm³/mol. The van der Waals surface area contributed by atoms with Gasteiger partial charge in [-0.25, -0.2) is 0 Å². The lowest BCUT2D eigenvalue weighted by molar-refractivity contribution is -0.0843. The molecular weight excluding hydrogens is 205 g/mol. The van der Waals surface area contributed by atoms with Crippen molar-refractivity contribution in [2.45, 2.75) is 31.3 Å². The van der Waals surface area contributed by atoms with Gasteiger partial charge in [-0.15, -0.1) is 9.60 Å².